The second-order valence-electron chi connectivity index (χ2n) is 4.24. The van der Waals surface area contributed by atoms with E-state index in [2.05, 4.69) is 4.98 Å². The molecule has 0 saturated carbocycles. The number of hydrogen-bond acceptors (Lipinski definition) is 4. The van der Waals surface area contributed by atoms with Gasteiger partial charge in [-0.1, -0.05) is 6.92 Å². The van der Waals surface area contributed by atoms with Gasteiger partial charge < -0.3 is 0 Å². The van der Waals surface area contributed by atoms with Gasteiger partial charge in [0.2, 0.25) is 0 Å². The van der Waals surface area contributed by atoms with Crippen molar-refractivity contribution in [3.05, 3.63) is 54.5 Å². The maximum atomic E-state index is 12.1. The lowest BCUT2D eigenvalue weighted by atomic mass is 10.3. The van der Waals surface area contributed by atoms with Crippen LogP contribution in [-0.4, -0.2) is 15.3 Å². The van der Waals surface area contributed by atoms with E-state index in [0.717, 1.165) is 11.3 Å². The Morgan fingerprint density at radius 2 is 2.11 bits per heavy atom. The first kappa shape index (κ1) is 13.5. The average molecular weight is 278 g/mol. The zero-order valence-electron chi connectivity index (χ0n) is 10.7. The van der Waals surface area contributed by atoms with Crippen LogP contribution in [0, 0.1) is 6.92 Å². The normalized spacial score (nSPS) is 10.6. The maximum absolute atomic E-state index is 12.1. The minimum atomic E-state index is -0.559. The van der Waals surface area contributed by atoms with E-state index in [9.17, 15) is 14.4 Å². The number of aromatic amines is 1. The number of thiophene rings is 1. The Balaban J connectivity index is 2.26. The Labute approximate surface area is 113 Å². The molecule has 100 valence electrons. The average Bonchev–Trinajstić information content (AvgIpc) is 2.84. The van der Waals surface area contributed by atoms with Crippen molar-refractivity contribution in [1.82, 2.24) is 9.55 Å². The fourth-order valence-electron chi connectivity index (χ4n) is 1.69. The van der Waals surface area contributed by atoms with Crippen LogP contribution < -0.4 is 11.2 Å². The molecule has 0 spiro atoms. The van der Waals surface area contributed by atoms with Gasteiger partial charge in [0, 0.05) is 16.6 Å². The molecule has 0 aliphatic rings. The molecule has 0 aliphatic heterocycles. The number of ketones is 1. The molecule has 2 rings (SSSR count). The molecule has 0 radical (unpaired) electrons. The summed E-state index contributed by atoms with van der Waals surface area (Å²) in [5, 5.41) is 0. The van der Waals surface area contributed by atoms with E-state index in [1.807, 2.05) is 13.0 Å². The number of rotatable bonds is 4. The summed E-state index contributed by atoms with van der Waals surface area (Å²) >= 11 is 1.44. The second-order valence-corrected chi connectivity index (χ2v) is 5.41. The topological polar surface area (TPSA) is 71.9 Å². The highest BCUT2D eigenvalue weighted by Gasteiger charge is 2.11. The highest BCUT2D eigenvalue weighted by Crippen LogP contribution is 2.17. The Hall–Kier alpha value is -1.95. The van der Waals surface area contributed by atoms with Crippen molar-refractivity contribution in [2.75, 3.05) is 0 Å². The number of carbonyl (C=O) groups is 1. The molecular weight excluding hydrogens is 264 g/mol. The summed E-state index contributed by atoms with van der Waals surface area (Å²) in [6.45, 7) is 3.57. The number of nitrogens with zero attached hydrogens (tertiary/aromatic N) is 1. The first-order chi connectivity index (χ1) is 9.01. The third-order valence-electron chi connectivity index (χ3n) is 2.79. The molecule has 0 amide bonds. The molecule has 2 heterocycles. The van der Waals surface area contributed by atoms with Crippen molar-refractivity contribution in [3.63, 3.8) is 0 Å². The van der Waals surface area contributed by atoms with Crippen LogP contribution in [0.4, 0.5) is 0 Å². The Morgan fingerprint density at radius 3 is 2.74 bits per heavy atom. The summed E-state index contributed by atoms with van der Waals surface area (Å²) in [5.41, 5.74) is -0.567. The van der Waals surface area contributed by atoms with Crippen molar-refractivity contribution in [2.45, 2.75) is 26.8 Å². The quantitative estimate of drug-likeness (QED) is 0.858. The lowest BCUT2D eigenvalue weighted by Gasteiger charge is -2.03. The molecule has 0 saturated heterocycles. The molecule has 0 unspecified atom stereocenters. The van der Waals surface area contributed by atoms with Crippen molar-refractivity contribution in [3.8, 4) is 0 Å². The molecule has 5 nitrogen and oxygen atoms in total. The number of nitrogens with one attached hydrogen (secondary N) is 1. The highest BCUT2D eigenvalue weighted by atomic mass is 32.1. The number of hydrogen-bond donors (Lipinski definition) is 1. The SMILES string of the molecule is CCc1ccc(C(=O)Cn2cc(C)c(=O)[nH]c2=O)s1. The van der Waals surface area contributed by atoms with Gasteiger partial charge in [0.1, 0.15) is 0 Å². The van der Waals surface area contributed by atoms with Crippen LogP contribution in [0.15, 0.2) is 27.9 Å². The monoisotopic (exact) mass is 278 g/mol. The van der Waals surface area contributed by atoms with Crippen LogP contribution in [0.5, 0.6) is 0 Å². The van der Waals surface area contributed by atoms with Crippen LogP contribution in [0.1, 0.15) is 27.0 Å². The van der Waals surface area contributed by atoms with E-state index in [-0.39, 0.29) is 12.3 Å². The summed E-state index contributed by atoms with van der Waals surface area (Å²) in [4.78, 5) is 38.8. The van der Waals surface area contributed by atoms with E-state index in [0.29, 0.717) is 10.4 Å². The summed E-state index contributed by atoms with van der Waals surface area (Å²) < 4.78 is 1.23. The van der Waals surface area contributed by atoms with Gasteiger partial charge in [0.25, 0.3) is 5.56 Å². The first-order valence-corrected chi connectivity index (χ1v) is 6.75. The number of aromatic nitrogens is 2. The van der Waals surface area contributed by atoms with Gasteiger partial charge in [-0.2, -0.15) is 0 Å². The Kier molecular flexibility index (Phi) is 3.80. The summed E-state index contributed by atoms with van der Waals surface area (Å²) in [6, 6.07) is 3.69. The molecular formula is C13H14N2O3S. The van der Waals surface area contributed by atoms with Gasteiger partial charge in [-0.3, -0.25) is 19.1 Å². The van der Waals surface area contributed by atoms with Gasteiger partial charge in [-0.25, -0.2) is 4.79 Å². The van der Waals surface area contributed by atoms with Crippen LogP contribution in [0.3, 0.4) is 0 Å². The third-order valence-corrected chi connectivity index (χ3v) is 4.06. The van der Waals surface area contributed by atoms with Gasteiger partial charge in [0.05, 0.1) is 11.4 Å². The van der Waals surface area contributed by atoms with E-state index in [1.165, 1.54) is 22.1 Å². The molecule has 2 aromatic heterocycles. The van der Waals surface area contributed by atoms with Crippen LogP contribution >= 0.6 is 11.3 Å². The molecule has 0 bridgehead atoms. The molecule has 0 atom stereocenters. The van der Waals surface area contributed by atoms with E-state index >= 15 is 0 Å². The van der Waals surface area contributed by atoms with Crippen molar-refractivity contribution in [2.24, 2.45) is 0 Å². The summed E-state index contributed by atoms with van der Waals surface area (Å²) in [5.74, 6) is -0.127. The molecule has 6 heteroatoms. The number of aryl methyl sites for hydroxylation is 2. The molecule has 2 aromatic rings. The maximum Gasteiger partial charge on any atom is 0.328 e. The minimum absolute atomic E-state index is 0.0554. The van der Waals surface area contributed by atoms with Gasteiger partial charge in [0.15, 0.2) is 5.78 Å². The fourth-order valence-corrected chi connectivity index (χ4v) is 2.56. The first-order valence-electron chi connectivity index (χ1n) is 5.93. The molecule has 0 aromatic carbocycles. The fraction of sp³-hybridized carbons (Fsp3) is 0.308. The zero-order valence-corrected chi connectivity index (χ0v) is 11.5. The molecule has 19 heavy (non-hydrogen) atoms. The highest BCUT2D eigenvalue weighted by molar-refractivity contribution is 7.14. The number of carbonyl (C=O) groups excluding carboxylic acids is 1. The van der Waals surface area contributed by atoms with E-state index < -0.39 is 11.2 Å². The standard InChI is InChI=1S/C13H14N2O3S/c1-3-9-4-5-11(19-9)10(16)7-15-6-8(2)12(17)14-13(15)18/h4-6H,3,7H2,1-2H3,(H,14,17,18). The third kappa shape index (κ3) is 2.90. The van der Waals surface area contributed by atoms with Crippen LogP contribution in [0.25, 0.3) is 0 Å². The predicted molar refractivity (Wildman–Crippen MR) is 74.1 cm³/mol. The van der Waals surface area contributed by atoms with E-state index in [4.69, 9.17) is 0 Å². The number of H-pyrrole nitrogens is 1. The van der Waals surface area contributed by atoms with Crippen molar-refractivity contribution < 1.29 is 4.79 Å². The second kappa shape index (κ2) is 5.36. The lowest BCUT2D eigenvalue weighted by molar-refractivity contribution is 0.0974. The van der Waals surface area contributed by atoms with Crippen molar-refractivity contribution in [1.29, 1.82) is 0 Å². The van der Waals surface area contributed by atoms with Gasteiger partial charge in [-0.05, 0) is 25.5 Å². The Bertz CT molecular complexity index is 724. The predicted octanol–water partition coefficient (Wildman–Crippen LogP) is 1.35. The minimum Gasteiger partial charge on any atom is -0.292 e. The summed E-state index contributed by atoms with van der Waals surface area (Å²) in [6.07, 6.45) is 2.29. The van der Waals surface area contributed by atoms with Gasteiger partial charge in [-0.15, -0.1) is 11.3 Å². The van der Waals surface area contributed by atoms with Crippen LogP contribution in [0.2, 0.25) is 0 Å². The largest absolute Gasteiger partial charge is 0.328 e. The Morgan fingerprint density at radius 1 is 1.37 bits per heavy atom. The summed E-state index contributed by atoms with van der Waals surface area (Å²) in [7, 11) is 0. The molecule has 0 aliphatic carbocycles. The zero-order chi connectivity index (χ0) is 14.0. The van der Waals surface area contributed by atoms with E-state index in [1.54, 1.807) is 13.0 Å². The molecule has 1 N–H and O–H groups in total. The smallest absolute Gasteiger partial charge is 0.292 e. The number of Topliss-reactive ketones (excluding diaryl/α,β-unsaturated/α-hetero) is 1. The van der Waals surface area contributed by atoms with Crippen LogP contribution in [-0.2, 0) is 13.0 Å². The lowest BCUT2D eigenvalue weighted by Crippen LogP contribution is -2.32. The molecule has 0 fully saturated rings. The van der Waals surface area contributed by atoms with Crippen molar-refractivity contribution >= 4 is 17.1 Å². The van der Waals surface area contributed by atoms with Gasteiger partial charge >= 0.3 is 5.69 Å².